The first-order valence-corrected chi connectivity index (χ1v) is 4.93. The van der Waals surface area contributed by atoms with Crippen molar-refractivity contribution in [2.45, 2.75) is 0 Å². The van der Waals surface area contributed by atoms with E-state index in [0.717, 1.165) is 21.8 Å². The standard InChI is InChI=1S/C12H9N3O/c13-11(16)12-14-9-6-5-7-3-1-2-4-8(7)10(9)15-12/h1-6H,(H2,13,16)(H,14,15). The average molecular weight is 211 g/mol. The van der Waals surface area contributed by atoms with Gasteiger partial charge in [0.2, 0.25) is 0 Å². The average Bonchev–Trinajstić information content (AvgIpc) is 2.73. The molecule has 0 atom stereocenters. The van der Waals surface area contributed by atoms with Crippen LogP contribution in [0.1, 0.15) is 10.6 Å². The fourth-order valence-corrected chi connectivity index (χ4v) is 1.86. The lowest BCUT2D eigenvalue weighted by Gasteiger charge is -1.96. The predicted octanol–water partition coefficient (Wildman–Crippen LogP) is 1.81. The van der Waals surface area contributed by atoms with Gasteiger partial charge in [-0.25, -0.2) is 4.98 Å². The fraction of sp³-hybridized carbons (Fsp3) is 0. The second kappa shape index (κ2) is 3.06. The zero-order chi connectivity index (χ0) is 11.1. The van der Waals surface area contributed by atoms with Gasteiger partial charge in [-0.2, -0.15) is 0 Å². The normalized spacial score (nSPS) is 11.0. The van der Waals surface area contributed by atoms with Crippen LogP contribution < -0.4 is 5.73 Å². The van der Waals surface area contributed by atoms with Crippen LogP contribution in [-0.2, 0) is 0 Å². The highest BCUT2D eigenvalue weighted by Crippen LogP contribution is 2.23. The van der Waals surface area contributed by atoms with Gasteiger partial charge in [-0.05, 0) is 11.5 Å². The van der Waals surface area contributed by atoms with E-state index in [9.17, 15) is 4.79 Å². The van der Waals surface area contributed by atoms with Crippen molar-refractivity contribution in [2.75, 3.05) is 0 Å². The first-order valence-electron chi connectivity index (χ1n) is 4.93. The smallest absolute Gasteiger partial charge is 0.284 e. The maximum atomic E-state index is 11.0. The second-order valence-corrected chi connectivity index (χ2v) is 3.63. The Morgan fingerprint density at radius 1 is 1.19 bits per heavy atom. The molecule has 16 heavy (non-hydrogen) atoms. The number of aromatic nitrogens is 2. The van der Waals surface area contributed by atoms with Gasteiger partial charge < -0.3 is 10.7 Å². The lowest BCUT2D eigenvalue weighted by Crippen LogP contribution is -2.12. The van der Waals surface area contributed by atoms with E-state index < -0.39 is 5.91 Å². The molecule has 3 N–H and O–H groups in total. The molecule has 0 aliphatic rings. The van der Waals surface area contributed by atoms with E-state index in [-0.39, 0.29) is 5.82 Å². The van der Waals surface area contributed by atoms with Crippen LogP contribution in [0.5, 0.6) is 0 Å². The van der Waals surface area contributed by atoms with Gasteiger partial charge in [0.25, 0.3) is 5.91 Å². The van der Waals surface area contributed by atoms with Crippen molar-refractivity contribution in [2.24, 2.45) is 5.73 Å². The molecule has 1 heterocycles. The monoisotopic (exact) mass is 211 g/mol. The molecule has 3 aromatic rings. The number of primary amides is 1. The lowest BCUT2D eigenvalue weighted by atomic mass is 10.1. The number of nitrogens with zero attached hydrogens (tertiary/aromatic N) is 1. The maximum Gasteiger partial charge on any atom is 0.284 e. The summed E-state index contributed by atoms with van der Waals surface area (Å²) in [4.78, 5) is 18.1. The number of H-pyrrole nitrogens is 1. The zero-order valence-corrected chi connectivity index (χ0v) is 8.40. The molecule has 0 saturated heterocycles. The first-order chi connectivity index (χ1) is 7.75. The highest BCUT2D eigenvalue weighted by Gasteiger charge is 2.09. The molecule has 0 saturated carbocycles. The van der Waals surface area contributed by atoms with Gasteiger partial charge in [-0.1, -0.05) is 30.3 Å². The SMILES string of the molecule is NC(=O)c1nc2c(ccc3ccccc32)[nH]1. The summed E-state index contributed by atoms with van der Waals surface area (Å²) < 4.78 is 0. The maximum absolute atomic E-state index is 11.0. The Bertz CT molecular complexity index is 700. The van der Waals surface area contributed by atoms with Gasteiger partial charge in [0.1, 0.15) is 0 Å². The molecule has 0 unspecified atom stereocenters. The van der Waals surface area contributed by atoms with Crippen molar-refractivity contribution in [3.05, 3.63) is 42.2 Å². The minimum atomic E-state index is -0.541. The molecule has 0 aliphatic heterocycles. The van der Waals surface area contributed by atoms with Gasteiger partial charge in [0.15, 0.2) is 5.82 Å². The molecule has 78 valence electrons. The van der Waals surface area contributed by atoms with Crippen LogP contribution in [0.3, 0.4) is 0 Å². The van der Waals surface area contributed by atoms with Crippen LogP contribution in [0.15, 0.2) is 36.4 Å². The molecule has 2 aromatic carbocycles. The van der Waals surface area contributed by atoms with Gasteiger partial charge in [-0.3, -0.25) is 4.79 Å². The van der Waals surface area contributed by atoms with Crippen LogP contribution in [0.25, 0.3) is 21.8 Å². The Balaban J connectivity index is 2.46. The van der Waals surface area contributed by atoms with Crippen molar-refractivity contribution in [3.8, 4) is 0 Å². The second-order valence-electron chi connectivity index (χ2n) is 3.63. The largest absolute Gasteiger partial charge is 0.363 e. The van der Waals surface area contributed by atoms with E-state index in [4.69, 9.17) is 5.73 Å². The summed E-state index contributed by atoms with van der Waals surface area (Å²) in [6.45, 7) is 0. The third-order valence-electron chi connectivity index (χ3n) is 2.61. The van der Waals surface area contributed by atoms with Crippen LogP contribution in [0, 0.1) is 0 Å². The Labute approximate surface area is 91.1 Å². The number of nitrogens with two attached hydrogens (primary N) is 1. The first kappa shape index (κ1) is 8.91. The number of imidazole rings is 1. The molecular formula is C12H9N3O. The topological polar surface area (TPSA) is 71.8 Å². The van der Waals surface area contributed by atoms with E-state index in [2.05, 4.69) is 9.97 Å². The number of amides is 1. The Hall–Kier alpha value is -2.36. The van der Waals surface area contributed by atoms with E-state index in [1.807, 2.05) is 36.4 Å². The zero-order valence-electron chi connectivity index (χ0n) is 8.40. The quantitative estimate of drug-likeness (QED) is 0.644. The molecule has 3 rings (SSSR count). The number of nitrogens with one attached hydrogen (secondary N) is 1. The summed E-state index contributed by atoms with van der Waals surface area (Å²) in [6.07, 6.45) is 0. The van der Waals surface area contributed by atoms with Crippen LogP contribution in [0.2, 0.25) is 0 Å². The molecule has 4 heteroatoms. The molecule has 0 aliphatic carbocycles. The van der Waals surface area contributed by atoms with Crippen LogP contribution in [-0.4, -0.2) is 15.9 Å². The summed E-state index contributed by atoms with van der Waals surface area (Å²) in [6, 6.07) is 11.8. The summed E-state index contributed by atoms with van der Waals surface area (Å²) in [5.74, 6) is -0.341. The molecule has 1 aromatic heterocycles. The van der Waals surface area contributed by atoms with Crippen LogP contribution in [0.4, 0.5) is 0 Å². The van der Waals surface area contributed by atoms with Gasteiger partial charge in [-0.15, -0.1) is 0 Å². The van der Waals surface area contributed by atoms with E-state index in [0.29, 0.717) is 0 Å². The Kier molecular flexibility index (Phi) is 1.71. The summed E-state index contributed by atoms with van der Waals surface area (Å²) in [7, 11) is 0. The summed E-state index contributed by atoms with van der Waals surface area (Å²) >= 11 is 0. The molecule has 0 spiro atoms. The van der Waals surface area contributed by atoms with E-state index in [1.165, 1.54) is 0 Å². The van der Waals surface area contributed by atoms with Crippen molar-refractivity contribution < 1.29 is 4.79 Å². The van der Waals surface area contributed by atoms with Crippen molar-refractivity contribution in [1.29, 1.82) is 0 Å². The number of rotatable bonds is 1. The number of carbonyl (C=O) groups excluding carboxylic acids is 1. The Morgan fingerprint density at radius 2 is 2.00 bits per heavy atom. The summed E-state index contributed by atoms with van der Waals surface area (Å²) in [5.41, 5.74) is 6.80. The predicted molar refractivity (Wildman–Crippen MR) is 62.1 cm³/mol. The number of hydrogen-bond acceptors (Lipinski definition) is 2. The third kappa shape index (κ3) is 1.16. The van der Waals surface area contributed by atoms with Crippen molar-refractivity contribution >= 4 is 27.7 Å². The van der Waals surface area contributed by atoms with Crippen molar-refractivity contribution in [3.63, 3.8) is 0 Å². The van der Waals surface area contributed by atoms with Crippen molar-refractivity contribution in [1.82, 2.24) is 9.97 Å². The highest BCUT2D eigenvalue weighted by atomic mass is 16.1. The van der Waals surface area contributed by atoms with E-state index in [1.54, 1.807) is 0 Å². The number of carbonyl (C=O) groups is 1. The van der Waals surface area contributed by atoms with Gasteiger partial charge >= 0.3 is 0 Å². The number of benzene rings is 2. The number of hydrogen-bond donors (Lipinski definition) is 2. The lowest BCUT2D eigenvalue weighted by molar-refractivity contribution is 0.0991. The number of fused-ring (bicyclic) bond motifs is 3. The molecule has 0 fully saturated rings. The number of aromatic amines is 1. The van der Waals surface area contributed by atoms with Gasteiger partial charge in [0.05, 0.1) is 11.0 Å². The summed E-state index contributed by atoms with van der Waals surface area (Å²) in [5, 5.41) is 2.11. The van der Waals surface area contributed by atoms with E-state index >= 15 is 0 Å². The molecular weight excluding hydrogens is 202 g/mol. The minimum Gasteiger partial charge on any atom is -0.363 e. The fourth-order valence-electron chi connectivity index (χ4n) is 1.86. The third-order valence-corrected chi connectivity index (χ3v) is 2.61. The Morgan fingerprint density at radius 3 is 2.81 bits per heavy atom. The van der Waals surface area contributed by atoms with Crippen LogP contribution >= 0.6 is 0 Å². The molecule has 4 nitrogen and oxygen atoms in total. The van der Waals surface area contributed by atoms with Gasteiger partial charge in [0, 0.05) is 5.39 Å². The highest BCUT2D eigenvalue weighted by molar-refractivity contribution is 6.06. The minimum absolute atomic E-state index is 0.200. The molecule has 1 amide bonds. The molecule has 0 bridgehead atoms. The molecule has 0 radical (unpaired) electrons.